The zero-order valence-corrected chi connectivity index (χ0v) is 15.6. The van der Waals surface area contributed by atoms with Gasteiger partial charge in [0.15, 0.2) is 0 Å². The van der Waals surface area contributed by atoms with E-state index in [9.17, 15) is 18.8 Å². The number of carboxylic acids is 1. The Kier molecular flexibility index (Phi) is 11.2. The van der Waals surface area contributed by atoms with Gasteiger partial charge in [-0.1, -0.05) is 19.1 Å². The van der Waals surface area contributed by atoms with Crippen LogP contribution in [0.25, 0.3) is 0 Å². The highest BCUT2D eigenvalue weighted by molar-refractivity contribution is 5.86. The van der Waals surface area contributed by atoms with Crippen molar-refractivity contribution in [3.8, 4) is 0 Å². The molecule has 3 N–H and O–H groups in total. The van der Waals surface area contributed by atoms with E-state index in [0.717, 1.165) is 12.0 Å². The average Bonchev–Trinajstić information content (AvgIpc) is 2.53. The molecule has 0 radical (unpaired) electrons. The molecule has 0 aliphatic carbocycles. The molecule has 146 valence electrons. The monoisotopic (exact) mass is 389 g/mol. The number of hydrogen-bond acceptors (Lipinski definition) is 4. The van der Waals surface area contributed by atoms with Gasteiger partial charge in [-0.3, -0.25) is 19.3 Å². The predicted molar refractivity (Wildman–Crippen MR) is 97.6 cm³/mol. The van der Waals surface area contributed by atoms with Gasteiger partial charge in [0.05, 0.1) is 25.7 Å². The van der Waals surface area contributed by atoms with E-state index in [-0.39, 0.29) is 49.8 Å². The van der Waals surface area contributed by atoms with Crippen LogP contribution in [0.3, 0.4) is 0 Å². The number of rotatable bonds is 10. The summed E-state index contributed by atoms with van der Waals surface area (Å²) in [6, 6.07) is 5.45. The van der Waals surface area contributed by atoms with Gasteiger partial charge in [-0.2, -0.15) is 0 Å². The lowest BCUT2D eigenvalue weighted by Crippen LogP contribution is -2.43. The lowest BCUT2D eigenvalue weighted by atomic mass is 10.1. The molecule has 1 unspecified atom stereocenters. The van der Waals surface area contributed by atoms with Crippen LogP contribution in [0.5, 0.6) is 0 Å². The third kappa shape index (κ3) is 9.33. The first-order valence-corrected chi connectivity index (χ1v) is 8.07. The maximum Gasteiger partial charge on any atom is 0.317 e. The van der Waals surface area contributed by atoms with Crippen LogP contribution in [0.4, 0.5) is 4.39 Å². The van der Waals surface area contributed by atoms with Crippen LogP contribution in [0.15, 0.2) is 24.3 Å². The average molecular weight is 390 g/mol. The van der Waals surface area contributed by atoms with Gasteiger partial charge in [-0.15, -0.1) is 12.4 Å². The molecule has 1 rings (SSSR count). The maximum atomic E-state index is 12.9. The van der Waals surface area contributed by atoms with Crippen LogP contribution in [-0.2, 0) is 14.4 Å². The second-order valence-electron chi connectivity index (χ2n) is 5.72. The number of benzene rings is 1. The molecular formula is C17H25ClFN3O4. The molecule has 2 amide bonds. The highest BCUT2D eigenvalue weighted by atomic mass is 35.5. The van der Waals surface area contributed by atoms with Crippen molar-refractivity contribution < 1.29 is 23.9 Å². The maximum absolute atomic E-state index is 12.9. The molecule has 0 bridgehead atoms. The van der Waals surface area contributed by atoms with Crippen molar-refractivity contribution in [2.45, 2.75) is 26.3 Å². The summed E-state index contributed by atoms with van der Waals surface area (Å²) in [5, 5.41) is 14.0. The van der Waals surface area contributed by atoms with E-state index in [1.807, 2.05) is 6.92 Å². The molecule has 0 heterocycles. The first kappa shape index (κ1) is 23.8. The summed E-state index contributed by atoms with van der Waals surface area (Å²) in [5.41, 5.74) is 0.747. The number of nitrogens with one attached hydrogen (secondary N) is 2. The molecule has 0 aliphatic rings. The summed E-state index contributed by atoms with van der Waals surface area (Å²) in [4.78, 5) is 36.0. The quantitative estimate of drug-likeness (QED) is 0.561. The van der Waals surface area contributed by atoms with Crippen LogP contribution in [0.1, 0.15) is 31.9 Å². The minimum atomic E-state index is -1.01. The number of amides is 2. The minimum absolute atomic E-state index is 0. The van der Waals surface area contributed by atoms with E-state index in [2.05, 4.69) is 10.6 Å². The fourth-order valence-electron chi connectivity index (χ4n) is 2.29. The number of aliphatic carboxylic acids is 1. The lowest BCUT2D eigenvalue weighted by molar-refractivity contribution is -0.139. The molecule has 0 saturated heterocycles. The van der Waals surface area contributed by atoms with Crippen LogP contribution in [0, 0.1) is 5.82 Å². The Morgan fingerprint density at radius 1 is 1.15 bits per heavy atom. The Balaban J connectivity index is 0.00000625. The molecule has 1 aromatic carbocycles. The van der Waals surface area contributed by atoms with Crippen molar-refractivity contribution in [3.63, 3.8) is 0 Å². The van der Waals surface area contributed by atoms with Crippen molar-refractivity contribution in [3.05, 3.63) is 35.6 Å². The number of nitrogens with zero attached hydrogens (tertiary/aromatic N) is 1. The van der Waals surface area contributed by atoms with E-state index < -0.39 is 11.9 Å². The third-order valence-electron chi connectivity index (χ3n) is 3.46. The fraction of sp³-hybridized carbons (Fsp3) is 0.471. The first-order valence-electron chi connectivity index (χ1n) is 8.07. The summed E-state index contributed by atoms with van der Waals surface area (Å²) >= 11 is 0. The number of halogens is 2. The van der Waals surface area contributed by atoms with E-state index in [0.29, 0.717) is 6.54 Å². The summed E-state index contributed by atoms with van der Waals surface area (Å²) in [6.07, 6.45) is 0.718. The molecule has 1 atom stereocenters. The highest BCUT2D eigenvalue weighted by Crippen LogP contribution is 2.12. The summed E-state index contributed by atoms with van der Waals surface area (Å²) < 4.78 is 12.9. The number of carboxylic acid groups (broad SMARTS) is 1. The number of hydrogen-bond donors (Lipinski definition) is 3. The minimum Gasteiger partial charge on any atom is -0.480 e. The van der Waals surface area contributed by atoms with Gasteiger partial charge in [-0.05, 0) is 37.6 Å². The van der Waals surface area contributed by atoms with E-state index >= 15 is 0 Å². The van der Waals surface area contributed by atoms with Crippen LogP contribution in [0.2, 0.25) is 0 Å². The van der Waals surface area contributed by atoms with Gasteiger partial charge in [-0.25, -0.2) is 4.39 Å². The van der Waals surface area contributed by atoms with Crippen LogP contribution < -0.4 is 10.6 Å². The van der Waals surface area contributed by atoms with Gasteiger partial charge in [0.25, 0.3) is 0 Å². The number of carbonyl (C=O) groups excluding carboxylic acids is 2. The summed E-state index contributed by atoms with van der Waals surface area (Å²) in [7, 11) is 0. The standard InChI is InChI=1S/C17H24FN3O4.ClH/c1-3-8-21(11-17(24)25)10-16(23)19-9-15(22)20-12(2)13-4-6-14(18)7-5-13;/h4-7,12H,3,8-11H2,1-2H3,(H,19,23)(H,20,22)(H,24,25);1H. The van der Waals surface area contributed by atoms with Gasteiger partial charge in [0, 0.05) is 0 Å². The normalized spacial score (nSPS) is 11.4. The van der Waals surface area contributed by atoms with Crippen molar-refractivity contribution in [2.75, 3.05) is 26.2 Å². The Morgan fingerprint density at radius 3 is 2.31 bits per heavy atom. The lowest BCUT2D eigenvalue weighted by Gasteiger charge is -2.19. The molecule has 0 spiro atoms. The van der Waals surface area contributed by atoms with Gasteiger partial charge in [0.1, 0.15) is 5.82 Å². The van der Waals surface area contributed by atoms with E-state index in [1.165, 1.54) is 17.0 Å². The van der Waals surface area contributed by atoms with Gasteiger partial charge in [0.2, 0.25) is 11.8 Å². The number of carbonyl (C=O) groups is 3. The second kappa shape index (κ2) is 12.2. The Hall–Kier alpha value is -2.19. The topological polar surface area (TPSA) is 98.7 Å². The SMILES string of the molecule is CCCN(CC(=O)O)CC(=O)NCC(=O)NC(C)c1ccc(F)cc1.Cl. The summed E-state index contributed by atoms with van der Waals surface area (Å²) in [6.45, 7) is 3.60. The van der Waals surface area contributed by atoms with E-state index in [4.69, 9.17) is 5.11 Å². The third-order valence-corrected chi connectivity index (χ3v) is 3.46. The Labute approximate surface area is 158 Å². The van der Waals surface area contributed by atoms with Crippen molar-refractivity contribution in [1.82, 2.24) is 15.5 Å². The molecular weight excluding hydrogens is 365 g/mol. The zero-order chi connectivity index (χ0) is 18.8. The smallest absolute Gasteiger partial charge is 0.317 e. The van der Waals surface area contributed by atoms with Gasteiger partial charge >= 0.3 is 5.97 Å². The molecule has 1 aromatic rings. The molecule has 0 aromatic heterocycles. The second-order valence-corrected chi connectivity index (χ2v) is 5.72. The largest absolute Gasteiger partial charge is 0.480 e. The van der Waals surface area contributed by atoms with Crippen molar-refractivity contribution in [2.24, 2.45) is 0 Å². The van der Waals surface area contributed by atoms with E-state index in [1.54, 1.807) is 19.1 Å². The Morgan fingerprint density at radius 2 is 1.77 bits per heavy atom. The van der Waals surface area contributed by atoms with Crippen molar-refractivity contribution >= 4 is 30.2 Å². The molecule has 0 saturated carbocycles. The summed E-state index contributed by atoms with van der Waals surface area (Å²) in [5.74, 6) is -2.16. The highest BCUT2D eigenvalue weighted by Gasteiger charge is 2.15. The first-order chi connectivity index (χ1) is 11.8. The molecule has 9 heteroatoms. The van der Waals surface area contributed by atoms with Crippen LogP contribution in [-0.4, -0.2) is 54.0 Å². The predicted octanol–water partition coefficient (Wildman–Crippen LogP) is 1.34. The zero-order valence-electron chi connectivity index (χ0n) is 14.8. The van der Waals surface area contributed by atoms with Gasteiger partial charge < -0.3 is 15.7 Å². The van der Waals surface area contributed by atoms with Crippen LogP contribution >= 0.6 is 12.4 Å². The Bertz CT molecular complexity index is 598. The fourth-order valence-corrected chi connectivity index (χ4v) is 2.29. The molecule has 26 heavy (non-hydrogen) atoms. The molecule has 7 nitrogen and oxygen atoms in total. The van der Waals surface area contributed by atoms with Crippen molar-refractivity contribution in [1.29, 1.82) is 0 Å². The molecule has 0 fully saturated rings. The molecule has 0 aliphatic heterocycles.